The zero-order chi connectivity index (χ0) is 19.5. The lowest BCUT2D eigenvalue weighted by Crippen LogP contribution is -2.57. The number of hydrogen-bond acceptors (Lipinski definition) is 9. The van der Waals surface area contributed by atoms with Crippen LogP contribution in [-0.4, -0.2) is 67.5 Å². The van der Waals surface area contributed by atoms with Crippen molar-refractivity contribution in [1.82, 2.24) is 26.1 Å². The molecule has 0 radical (unpaired) electrons. The summed E-state index contributed by atoms with van der Waals surface area (Å²) in [5.74, 6) is -0.359. The SMILES string of the molecule is N#CCC1CNC2C(C(=O)Nc3cnccc3N3CCNCC3)C(N)NN2C1. The number of nitriles is 1. The molecule has 0 aromatic carbocycles. The normalized spacial score (nSPS) is 30.5. The minimum absolute atomic E-state index is 0.136. The number of carbonyl (C=O) groups excluding carboxylic acids is 1. The van der Waals surface area contributed by atoms with Crippen LogP contribution in [0.3, 0.4) is 0 Å². The molecule has 4 heterocycles. The molecule has 4 atom stereocenters. The number of nitrogens with zero attached hydrogens (tertiary/aromatic N) is 4. The number of hydrazine groups is 1. The Morgan fingerprint density at radius 1 is 1.43 bits per heavy atom. The maximum atomic E-state index is 13.1. The zero-order valence-electron chi connectivity index (χ0n) is 15.8. The Labute approximate surface area is 164 Å². The minimum atomic E-state index is -0.488. The number of fused-ring (bicyclic) bond motifs is 1. The summed E-state index contributed by atoms with van der Waals surface area (Å²) in [6, 6.07) is 4.15. The van der Waals surface area contributed by atoms with Crippen LogP contribution in [-0.2, 0) is 4.79 Å². The standard InChI is InChI=1S/C18H27N9O/c19-3-1-12-9-23-17-15(16(20)25-27(17)11-12)18(28)24-13-10-22-4-2-14(13)26-7-5-21-6-8-26/h2,4,10,12,15-17,21,23,25H,1,5-9,11,20H2,(H,24,28). The molecule has 0 saturated carbocycles. The Morgan fingerprint density at radius 2 is 2.25 bits per heavy atom. The summed E-state index contributed by atoms with van der Waals surface area (Å²) < 4.78 is 0. The van der Waals surface area contributed by atoms with E-state index in [9.17, 15) is 4.79 Å². The number of hydrogen-bond donors (Lipinski definition) is 5. The number of pyridine rings is 1. The van der Waals surface area contributed by atoms with E-state index < -0.39 is 12.1 Å². The van der Waals surface area contributed by atoms with Gasteiger partial charge >= 0.3 is 0 Å². The van der Waals surface area contributed by atoms with Gasteiger partial charge in [0.1, 0.15) is 0 Å². The molecule has 4 rings (SSSR count). The highest BCUT2D eigenvalue weighted by atomic mass is 16.2. The lowest BCUT2D eigenvalue weighted by Gasteiger charge is -2.36. The third-order valence-corrected chi connectivity index (χ3v) is 5.64. The Kier molecular flexibility index (Phi) is 5.70. The molecule has 0 aliphatic carbocycles. The smallest absolute Gasteiger partial charge is 0.233 e. The third-order valence-electron chi connectivity index (χ3n) is 5.64. The van der Waals surface area contributed by atoms with E-state index in [-0.39, 0.29) is 18.0 Å². The van der Waals surface area contributed by atoms with E-state index in [1.165, 1.54) is 0 Å². The predicted octanol–water partition coefficient (Wildman–Crippen LogP) is -1.39. The average Bonchev–Trinajstić information content (AvgIpc) is 3.04. The van der Waals surface area contributed by atoms with E-state index in [0.717, 1.165) is 31.9 Å². The number of anilines is 2. The molecule has 1 amide bonds. The summed E-state index contributed by atoms with van der Waals surface area (Å²) >= 11 is 0. The van der Waals surface area contributed by atoms with Crippen molar-refractivity contribution in [3.8, 4) is 6.07 Å². The van der Waals surface area contributed by atoms with Crippen LogP contribution in [0.4, 0.5) is 11.4 Å². The molecule has 150 valence electrons. The van der Waals surface area contributed by atoms with Crippen LogP contribution in [0.15, 0.2) is 18.5 Å². The number of aromatic nitrogens is 1. The van der Waals surface area contributed by atoms with Gasteiger partial charge in [-0.1, -0.05) is 0 Å². The molecule has 1 aromatic rings. The van der Waals surface area contributed by atoms with E-state index in [0.29, 0.717) is 25.2 Å². The minimum Gasteiger partial charge on any atom is -0.367 e. The lowest BCUT2D eigenvalue weighted by atomic mass is 9.98. The van der Waals surface area contributed by atoms with Gasteiger partial charge in [-0.25, -0.2) is 10.4 Å². The molecule has 4 unspecified atom stereocenters. The fourth-order valence-electron chi connectivity index (χ4n) is 4.23. The molecular weight excluding hydrogens is 358 g/mol. The third kappa shape index (κ3) is 3.80. The molecule has 3 fully saturated rings. The van der Waals surface area contributed by atoms with Gasteiger partial charge in [-0.3, -0.25) is 15.1 Å². The van der Waals surface area contributed by atoms with Crippen molar-refractivity contribution >= 4 is 17.3 Å². The molecular formula is C18H27N9O. The number of nitrogens with one attached hydrogen (secondary N) is 4. The van der Waals surface area contributed by atoms with E-state index >= 15 is 0 Å². The summed E-state index contributed by atoms with van der Waals surface area (Å²) in [4.78, 5) is 19.6. The Hall–Kier alpha value is -2.29. The highest BCUT2D eigenvalue weighted by Crippen LogP contribution is 2.28. The van der Waals surface area contributed by atoms with Gasteiger partial charge in [0.05, 0.1) is 41.9 Å². The summed E-state index contributed by atoms with van der Waals surface area (Å²) in [6.45, 7) is 4.99. The number of amides is 1. The molecule has 3 saturated heterocycles. The van der Waals surface area contributed by atoms with Crippen molar-refractivity contribution < 1.29 is 4.79 Å². The van der Waals surface area contributed by atoms with Gasteiger partial charge in [-0.15, -0.1) is 0 Å². The van der Waals surface area contributed by atoms with Gasteiger partial charge in [-0.2, -0.15) is 5.26 Å². The number of nitrogens with two attached hydrogens (primary N) is 1. The second kappa shape index (κ2) is 8.38. The summed E-state index contributed by atoms with van der Waals surface area (Å²) in [5, 5.41) is 20.6. The van der Waals surface area contributed by atoms with Crippen LogP contribution in [0.25, 0.3) is 0 Å². The quantitative estimate of drug-likeness (QED) is 0.425. The molecule has 10 nitrogen and oxygen atoms in total. The maximum Gasteiger partial charge on any atom is 0.233 e. The van der Waals surface area contributed by atoms with Gasteiger partial charge in [-0.05, 0) is 12.0 Å². The van der Waals surface area contributed by atoms with Crippen LogP contribution in [0, 0.1) is 23.2 Å². The second-order valence-electron chi connectivity index (χ2n) is 7.53. The molecule has 10 heteroatoms. The first-order valence-electron chi connectivity index (χ1n) is 9.76. The van der Waals surface area contributed by atoms with Crippen LogP contribution < -0.4 is 32.0 Å². The van der Waals surface area contributed by atoms with Crippen LogP contribution in [0.5, 0.6) is 0 Å². The van der Waals surface area contributed by atoms with E-state index in [1.807, 2.05) is 11.1 Å². The second-order valence-corrected chi connectivity index (χ2v) is 7.53. The molecule has 28 heavy (non-hydrogen) atoms. The highest BCUT2D eigenvalue weighted by Gasteiger charge is 2.46. The van der Waals surface area contributed by atoms with Gasteiger partial charge in [0, 0.05) is 51.9 Å². The zero-order valence-corrected chi connectivity index (χ0v) is 15.8. The monoisotopic (exact) mass is 385 g/mol. The maximum absolute atomic E-state index is 13.1. The molecule has 6 N–H and O–H groups in total. The van der Waals surface area contributed by atoms with Crippen molar-refractivity contribution in [3.05, 3.63) is 18.5 Å². The van der Waals surface area contributed by atoms with Crippen molar-refractivity contribution in [1.29, 1.82) is 5.26 Å². The van der Waals surface area contributed by atoms with Crippen LogP contribution in [0.1, 0.15) is 6.42 Å². The molecule has 0 bridgehead atoms. The highest BCUT2D eigenvalue weighted by molar-refractivity contribution is 5.96. The first-order chi connectivity index (χ1) is 13.7. The van der Waals surface area contributed by atoms with Crippen LogP contribution in [0.2, 0.25) is 0 Å². The Balaban J connectivity index is 1.46. The molecule has 3 aliphatic rings. The van der Waals surface area contributed by atoms with Crippen molar-refractivity contribution in [3.63, 3.8) is 0 Å². The van der Waals surface area contributed by atoms with E-state index in [2.05, 4.69) is 37.3 Å². The fraction of sp³-hybridized carbons (Fsp3) is 0.611. The number of piperazine rings is 1. The summed E-state index contributed by atoms with van der Waals surface area (Å²) in [6.07, 6.45) is 3.24. The van der Waals surface area contributed by atoms with Gasteiger partial charge in [0.15, 0.2) is 0 Å². The Bertz CT molecular complexity index is 745. The van der Waals surface area contributed by atoms with Gasteiger partial charge in [0.25, 0.3) is 0 Å². The molecule has 0 spiro atoms. The van der Waals surface area contributed by atoms with Gasteiger partial charge < -0.3 is 21.3 Å². The van der Waals surface area contributed by atoms with Crippen molar-refractivity contribution in [2.75, 3.05) is 49.5 Å². The average molecular weight is 385 g/mol. The predicted molar refractivity (Wildman–Crippen MR) is 105 cm³/mol. The molecule has 1 aromatic heterocycles. The van der Waals surface area contributed by atoms with E-state index in [1.54, 1.807) is 12.4 Å². The van der Waals surface area contributed by atoms with Crippen molar-refractivity contribution in [2.45, 2.75) is 18.8 Å². The largest absolute Gasteiger partial charge is 0.367 e. The summed E-state index contributed by atoms with van der Waals surface area (Å²) in [5.41, 5.74) is 11.1. The Morgan fingerprint density at radius 3 is 3.04 bits per heavy atom. The first kappa shape index (κ1) is 19.0. The molecule has 3 aliphatic heterocycles. The van der Waals surface area contributed by atoms with Gasteiger partial charge in [0.2, 0.25) is 5.91 Å². The lowest BCUT2D eigenvalue weighted by molar-refractivity contribution is -0.121. The van der Waals surface area contributed by atoms with Crippen molar-refractivity contribution in [2.24, 2.45) is 17.6 Å². The topological polar surface area (TPSA) is 134 Å². The van der Waals surface area contributed by atoms with E-state index in [4.69, 9.17) is 11.0 Å². The fourth-order valence-corrected chi connectivity index (χ4v) is 4.23. The summed E-state index contributed by atoms with van der Waals surface area (Å²) in [7, 11) is 0. The number of rotatable bonds is 4. The van der Waals surface area contributed by atoms with Crippen LogP contribution >= 0.6 is 0 Å². The first-order valence-corrected chi connectivity index (χ1v) is 9.76. The number of carbonyl (C=O) groups is 1.